The molecule has 3 atom stereocenters. The molecule has 1 amide bonds. The van der Waals surface area contributed by atoms with Gasteiger partial charge < -0.3 is 20.6 Å². The highest BCUT2D eigenvalue weighted by atomic mass is 16.3. The molecule has 3 unspecified atom stereocenters. The van der Waals surface area contributed by atoms with Gasteiger partial charge in [-0.2, -0.15) is 0 Å². The minimum absolute atomic E-state index is 0.380. The fraction of sp³-hybridized carbons (Fsp3) is 0.841. The van der Waals surface area contributed by atoms with Gasteiger partial charge in [0.1, 0.15) is 6.10 Å². The summed E-state index contributed by atoms with van der Waals surface area (Å²) in [6.07, 6.45) is 48.9. The zero-order valence-corrected chi connectivity index (χ0v) is 32.6. The maximum atomic E-state index is 12.4. The van der Waals surface area contributed by atoms with Crippen molar-refractivity contribution in [3.8, 4) is 0 Å². The van der Waals surface area contributed by atoms with Gasteiger partial charge in [-0.1, -0.05) is 204 Å². The molecule has 0 fully saturated rings. The Morgan fingerprint density at radius 2 is 0.837 bits per heavy atom. The molecule has 0 aromatic rings. The lowest BCUT2D eigenvalue weighted by atomic mass is 10.0. The van der Waals surface area contributed by atoms with Gasteiger partial charge >= 0.3 is 0 Å². The van der Waals surface area contributed by atoms with Crippen molar-refractivity contribution in [3.05, 3.63) is 36.5 Å². The quantitative estimate of drug-likeness (QED) is 0.0384. The van der Waals surface area contributed by atoms with E-state index in [2.05, 4.69) is 43.5 Å². The summed E-state index contributed by atoms with van der Waals surface area (Å²) in [7, 11) is 0. The van der Waals surface area contributed by atoms with Crippen LogP contribution in [0.2, 0.25) is 0 Å². The van der Waals surface area contributed by atoms with Gasteiger partial charge in [0.05, 0.1) is 18.8 Å². The van der Waals surface area contributed by atoms with Crippen LogP contribution >= 0.6 is 0 Å². The summed E-state index contributed by atoms with van der Waals surface area (Å²) in [5, 5.41) is 33.0. The molecule has 0 aromatic carbocycles. The van der Waals surface area contributed by atoms with Crippen LogP contribution in [0.5, 0.6) is 0 Å². The van der Waals surface area contributed by atoms with Crippen LogP contribution in [0.1, 0.15) is 213 Å². The zero-order valence-electron chi connectivity index (χ0n) is 32.6. The zero-order chi connectivity index (χ0) is 35.9. The Balaban J connectivity index is 3.66. The van der Waals surface area contributed by atoms with E-state index in [1.54, 1.807) is 6.08 Å². The molecule has 0 bridgehead atoms. The van der Waals surface area contributed by atoms with Crippen LogP contribution < -0.4 is 5.32 Å². The van der Waals surface area contributed by atoms with Gasteiger partial charge in [0, 0.05) is 0 Å². The van der Waals surface area contributed by atoms with E-state index < -0.39 is 24.2 Å². The lowest BCUT2D eigenvalue weighted by Crippen LogP contribution is -2.48. The van der Waals surface area contributed by atoms with E-state index in [-0.39, 0.29) is 6.61 Å². The molecule has 0 aliphatic carbocycles. The second-order valence-electron chi connectivity index (χ2n) is 14.5. The van der Waals surface area contributed by atoms with Crippen LogP contribution in [-0.4, -0.2) is 46.1 Å². The first-order valence-electron chi connectivity index (χ1n) is 21.3. The lowest BCUT2D eigenvalue weighted by molar-refractivity contribution is -0.131. The molecule has 0 spiro atoms. The van der Waals surface area contributed by atoms with Crippen molar-refractivity contribution in [2.45, 2.75) is 231 Å². The van der Waals surface area contributed by atoms with Crippen molar-refractivity contribution in [2.75, 3.05) is 6.61 Å². The van der Waals surface area contributed by atoms with Gasteiger partial charge in [-0.3, -0.25) is 4.79 Å². The van der Waals surface area contributed by atoms with Gasteiger partial charge in [-0.05, 0) is 44.9 Å². The van der Waals surface area contributed by atoms with Crippen molar-refractivity contribution < 1.29 is 20.1 Å². The molecule has 5 nitrogen and oxygen atoms in total. The molecule has 0 aliphatic heterocycles. The van der Waals surface area contributed by atoms with Gasteiger partial charge in [0.15, 0.2) is 0 Å². The molecule has 0 aliphatic rings. The highest BCUT2D eigenvalue weighted by Gasteiger charge is 2.22. The molecule has 0 heterocycles. The van der Waals surface area contributed by atoms with Crippen molar-refractivity contribution in [1.82, 2.24) is 5.32 Å². The minimum Gasteiger partial charge on any atom is -0.394 e. The fourth-order valence-electron chi connectivity index (χ4n) is 6.33. The molecule has 0 radical (unpaired) electrons. The second-order valence-corrected chi connectivity index (χ2v) is 14.5. The third-order valence-corrected chi connectivity index (χ3v) is 9.71. The number of aliphatic hydroxyl groups is 3. The lowest BCUT2D eigenvalue weighted by Gasteiger charge is -2.21. The monoisotopic (exact) mass is 690 g/mol. The van der Waals surface area contributed by atoms with Crippen molar-refractivity contribution in [3.63, 3.8) is 0 Å². The van der Waals surface area contributed by atoms with Crippen LogP contribution in [0, 0.1) is 0 Å². The molecular weight excluding hydrogens is 606 g/mol. The Kier molecular flexibility index (Phi) is 38.2. The Labute approximate surface area is 304 Å². The van der Waals surface area contributed by atoms with Gasteiger partial charge in [0.25, 0.3) is 0 Å². The third kappa shape index (κ3) is 34.8. The first-order valence-corrected chi connectivity index (χ1v) is 21.3. The third-order valence-electron chi connectivity index (χ3n) is 9.71. The number of hydrogen-bond donors (Lipinski definition) is 4. The van der Waals surface area contributed by atoms with E-state index in [1.807, 2.05) is 6.08 Å². The van der Waals surface area contributed by atoms with Crippen LogP contribution in [0.15, 0.2) is 36.5 Å². The Bertz CT molecular complexity index is 764. The number of carbonyl (C=O) groups excluding carboxylic acids is 1. The standard InChI is InChI=1S/C44H83NO4/c1-3-5-7-9-11-13-15-17-18-19-20-21-22-23-24-25-27-29-31-33-35-37-39-43(48)44(49)45-41(40-46)42(47)38-36-34-32-30-28-26-16-14-12-10-8-6-4-2/h12,14,28,30,36,38,41-43,46-48H,3-11,13,15-27,29,31-35,37,39-40H2,1-2H3,(H,45,49)/b14-12+,30-28+,38-36+. The van der Waals surface area contributed by atoms with Gasteiger partial charge in [-0.15, -0.1) is 0 Å². The number of amides is 1. The second kappa shape index (κ2) is 39.4. The van der Waals surface area contributed by atoms with E-state index in [0.717, 1.165) is 44.9 Å². The van der Waals surface area contributed by atoms with Crippen molar-refractivity contribution in [2.24, 2.45) is 0 Å². The molecule has 0 saturated carbocycles. The number of unbranched alkanes of at least 4 members (excludes halogenated alkanes) is 26. The van der Waals surface area contributed by atoms with Crippen LogP contribution in [0.4, 0.5) is 0 Å². The number of carbonyl (C=O) groups is 1. The predicted octanol–water partition coefficient (Wildman–Crippen LogP) is 12.0. The van der Waals surface area contributed by atoms with E-state index in [4.69, 9.17) is 0 Å². The van der Waals surface area contributed by atoms with Crippen molar-refractivity contribution >= 4 is 5.91 Å². The Hall–Kier alpha value is -1.43. The number of rotatable bonds is 38. The minimum atomic E-state index is -1.10. The van der Waals surface area contributed by atoms with E-state index in [1.165, 1.54) is 148 Å². The average molecular weight is 690 g/mol. The van der Waals surface area contributed by atoms with Crippen LogP contribution in [0.3, 0.4) is 0 Å². The molecular formula is C44H83NO4. The number of nitrogens with one attached hydrogen (secondary N) is 1. The normalized spacial score (nSPS) is 14.0. The average Bonchev–Trinajstić information content (AvgIpc) is 3.11. The fourth-order valence-corrected chi connectivity index (χ4v) is 6.33. The Morgan fingerprint density at radius 1 is 0.490 bits per heavy atom. The summed E-state index contributed by atoms with van der Waals surface area (Å²) in [6.45, 7) is 4.13. The topological polar surface area (TPSA) is 89.8 Å². The largest absolute Gasteiger partial charge is 0.394 e. The van der Waals surface area contributed by atoms with E-state index in [0.29, 0.717) is 6.42 Å². The van der Waals surface area contributed by atoms with Gasteiger partial charge in [-0.25, -0.2) is 0 Å². The molecule has 4 N–H and O–H groups in total. The highest BCUT2D eigenvalue weighted by Crippen LogP contribution is 2.16. The molecule has 0 saturated heterocycles. The van der Waals surface area contributed by atoms with Crippen molar-refractivity contribution in [1.29, 1.82) is 0 Å². The molecule has 5 heteroatoms. The molecule has 0 rings (SSSR count). The number of aliphatic hydroxyl groups excluding tert-OH is 3. The first kappa shape index (κ1) is 47.6. The van der Waals surface area contributed by atoms with E-state index >= 15 is 0 Å². The number of allylic oxidation sites excluding steroid dienone is 5. The van der Waals surface area contributed by atoms with Crippen LogP contribution in [0.25, 0.3) is 0 Å². The number of hydrogen-bond acceptors (Lipinski definition) is 4. The molecule has 0 aromatic heterocycles. The predicted molar refractivity (Wildman–Crippen MR) is 213 cm³/mol. The molecule has 288 valence electrons. The summed E-state index contributed by atoms with van der Waals surface area (Å²) >= 11 is 0. The first-order chi connectivity index (χ1) is 24.1. The maximum absolute atomic E-state index is 12.4. The summed E-state index contributed by atoms with van der Waals surface area (Å²) in [6, 6.07) is -0.817. The SMILES string of the molecule is CCCCC/C=C/CC/C=C/CC/C=C/C(O)C(CO)NC(=O)C(O)CCCCCCCCCCCCCCCCCCCCCCCC. The van der Waals surface area contributed by atoms with Crippen LogP contribution in [-0.2, 0) is 4.79 Å². The molecule has 49 heavy (non-hydrogen) atoms. The highest BCUT2D eigenvalue weighted by molar-refractivity contribution is 5.80. The van der Waals surface area contributed by atoms with Gasteiger partial charge in [0.2, 0.25) is 5.91 Å². The summed E-state index contributed by atoms with van der Waals surface area (Å²) in [4.78, 5) is 12.4. The van der Waals surface area contributed by atoms with E-state index in [9.17, 15) is 20.1 Å². The summed E-state index contributed by atoms with van der Waals surface area (Å²) < 4.78 is 0. The smallest absolute Gasteiger partial charge is 0.249 e. The maximum Gasteiger partial charge on any atom is 0.249 e. The summed E-state index contributed by atoms with van der Waals surface area (Å²) in [5.41, 5.74) is 0. The summed E-state index contributed by atoms with van der Waals surface area (Å²) in [5.74, 6) is -0.516. The Morgan fingerprint density at radius 3 is 1.24 bits per heavy atom.